The maximum atomic E-state index is 12.7. The van der Waals surface area contributed by atoms with Gasteiger partial charge >= 0.3 is 18.2 Å². The van der Waals surface area contributed by atoms with Crippen LogP contribution in [-0.2, 0) is 5.54 Å². The maximum absolute atomic E-state index is 12.7. The molecule has 1 fully saturated rings. The number of hydrogen-bond donors (Lipinski definition) is 3. The molecule has 0 unspecified atom stereocenters. The summed E-state index contributed by atoms with van der Waals surface area (Å²) in [5.41, 5.74) is 2.15. The molecule has 0 radical (unpaired) electrons. The van der Waals surface area contributed by atoms with E-state index < -0.39 is 30.3 Å². The molecule has 0 amide bonds. The predicted molar refractivity (Wildman–Crippen MR) is 128 cm³/mol. The van der Waals surface area contributed by atoms with Gasteiger partial charge in [0, 0.05) is 5.69 Å². The Kier molecular flexibility index (Phi) is 7.09. The number of benzene rings is 2. The quantitative estimate of drug-likeness (QED) is 0.322. The molecule has 0 aliphatic heterocycles. The Morgan fingerprint density at radius 1 is 1.06 bits per heavy atom. The number of nitrogens with one attached hydrogen (secondary N) is 2. The Hall–Kier alpha value is -4.15. The van der Waals surface area contributed by atoms with Gasteiger partial charge in [-0.1, -0.05) is 43.3 Å². The monoisotopic (exact) mass is 499 g/mol. The van der Waals surface area contributed by atoms with Crippen molar-refractivity contribution in [1.82, 2.24) is 15.0 Å². The first kappa shape index (κ1) is 25.0. The molecule has 0 saturated heterocycles. The van der Waals surface area contributed by atoms with Crippen molar-refractivity contribution in [3.63, 3.8) is 0 Å². The molecule has 0 spiro atoms. The molecule has 11 heteroatoms. The second-order valence-electron chi connectivity index (χ2n) is 8.32. The van der Waals surface area contributed by atoms with Gasteiger partial charge in [0.05, 0.1) is 11.1 Å². The van der Waals surface area contributed by atoms with Gasteiger partial charge in [-0.3, -0.25) is 0 Å². The molecule has 1 aliphatic carbocycles. The van der Waals surface area contributed by atoms with Crippen molar-refractivity contribution >= 4 is 29.6 Å². The zero-order chi connectivity index (χ0) is 25.8. The number of alkyl halides is 3. The van der Waals surface area contributed by atoms with Crippen molar-refractivity contribution < 1.29 is 27.8 Å². The summed E-state index contributed by atoms with van der Waals surface area (Å²) < 4.78 is 43.0. The molecule has 2 aromatic carbocycles. The van der Waals surface area contributed by atoms with E-state index in [-0.39, 0.29) is 17.5 Å². The summed E-state index contributed by atoms with van der Waals surface area (Å²) in [6.07, 6.45) is 2.06. The van der Waals surface area contributed by atoms with Crippen molar-refractivity contribution in [2.45, 2.75) is 37.9 Å². The summed E-state index contributed by atoms with van der Waals surface area (Å²) in [5, 5.41) is 15.1. The zero-order valence-electron chi connectivity index (χ0n) is 19.3. The molecule has 3 aromatic rings. The smallest absolute Gasteiger partial charge is 0.422 e. The Labute approximate surface area is 205 Å². The van der Waals surface area contributed by atoms with Crippen molar-refractivity contribution in [2.75, 3.05) is 17.2 Å². The number of allylic oxidation sites excluding steroid dienone is 1. The molecule has 188 valence electrons. The number of carboxylic acids is 1. The second-order valence-corrected chi connectivity index (χ2v) is 8.32. The highest BCUT2D eigenvalue weighted by molar-refractivity contribution is 5.88. The number of ether oxygens (including phenoxy) is 1. The fourth-order valence-electron chi connectivity index (χ4n) is 3.50. The van der Waals surface area contributed by atoms with Gasteiger partial charge in [-0.2, -0.15) is 28.1 Å². The standard InChI is InChI=1S/C25H24F3N5O3/c1-2-3-4-16-5-9-18(10-6-16)24(13-14-24)33-22-30-21(31-23(32-22)36-15-25(26,27)28)29-19-11-7-17(8-12-19)20(34)35/h3-12H,2,13-15H2,1H3,(H,34,35)(H2,29,30,31,32,33)/b4-3-. The number of carbonyl (C=O) groups is 1. The van der Waals surface area contributed by atoms with Crippen LogP contribution in [0.5, 0.6) is 6.01 Å². The fourth-order valence-corrected chi connectivity index (χ4v) is 3.50. The van der Waals surface area contributed by atoms with E-state index in [0.29, 0.717) is 5.69 Å². The lowest BCUT2D eigenvalue weighted by Gasteiger charge is -2.19. The molecule has 36 heavy (non-hydrogen) atoms. The van der Waals surface area contributed by atoms with E-state index in [0.717, 1.165) is 30.4 Å². The Morgan fingerprint density at radius 3 is 2.31 bits per heavy atom. The lowest BCUT2D eigenvalue weighted by Crippen LogP contribution is -2.23. The SMILES string of the molecule is CC/C=C\c1ccc(C2(Nc3nc(Nc4ccc(C(=O)O)cc4)nc(OCC(F)(F)F)n3)CC2)cc1. The number of aromatic carboxylic acids is 1. The first-order valence-electron chi connectivity index (χ1n) is 11.3. The van der Waals surface area contributed by atoms with Gasteiger partial charge in [-0.05, 0) is 54.7 Å². The highest BCUT2D eigenvalue weighted by Gasteiger charge is 2.45. The first-order chi connectivity index (χ1) is 17.2. The molecule has 1 heterocycles. The van der Waals surface area contributed by atoms with Crippen LogP contribution in [0, 0.1) is 0 Å². The topological polar surface area (TPSA) is 109 Å². The van der Waals surface area contributed by atoms with E-state index in [4.69, 9.17) is 9.84 Å². The summed E-state index contributed by atoms with van der Waals surface area (Å²) in [5.74, 6) is -1.08. The summed E-state index contributed by atoms with van der Waals surface area (Å²) in [7, 11) is 0. The number of carboxylic acid groups (broad SMARTS) is 1. The third kappa shape index (κ3) is 6.49. The number of aromatic nitrogens is 3. The molecule has 0 atom stereocenters. The van der Waals surface area contributed by atoms with E-state index >= 15 is 0 Å². The van der Waals surface area contributed by atoms with E-state index in [9.17, 15) is 18.0 Å². The minimum Gasteiger partial charge on any atom is -0.478 e. The van der Waals surface area contributed by atoms with Gasteiger partial charge in [0.25, 0.3) is 0 Å². The molecule has 4 rings (SSSR count). The minimum atomic E-state index is -4.56. The van der Waals surface area contributed by atoms with Crippen LogP contribution in [0.15, 0.2) is 54.6 Å². The van der Waals surface area contributed by atoms with Gasteiger partial charge in [-0.15, -0.1) is 0 Å². The minimum absolute atomic E-state index is 0.0522. The van der Waals surface area contributed by atoms with Crippen LogP contribution >= 0.6 is 0 Å². The largest absolute Gasteiger partial charge is 0.478 e. The number of anilines is 3. The number of rotatable bonds is 10. The molecule has 1 saturated carbocycles. The van der Waals surface area contributed by atoms with Crippen LogP contribution in [0.4, 0.5) is 30.8 Å². The molecule has 8 nitrogen and oxygen atoms in total. The highest BCUT2D eigenvalue weighted by Crippen LogP contribution is 2.48. The number of hydrogen-bond acceptors (Lipinski definition) is 7. The van der Waals surface area contributed by atoms with Gasteiger partial charge in [0.2, 0.25) is 11.9 Å². The summed E-state index contributed by atoms with van der Waals surface area (Å²) in [6, 6.07) is 13.3. The maximum Gasteiger partial charge on any atom is 0.422 e. The van der Waals surface area contributed by atoms with Gasteiger partial charge in [-0.25, -0.2) is 4.79 Å². The lowest BCUT2D eigenvalue weighted by molar-refractivity contribution is -0.154. The van der Waals surface area contributed by atoms with Crippen molar-refractivity contribution in [3.05, 3.63) is 71.3 Å². The molecular formula is C25H24F3N5O3. The van der Waals surface area contributed by atoms with Gasteiger partial charge < -0.3 is 20.5 Å². The second kappa shape index (κ2) is 10.2. The average Bonchev–Trinajstić information content (AvgIpc) is 3.62. The van der Waals surface area contributed by atoms with Crippen LogP contribution in [0.3, 0.4) is 0 Å². The summed E-state index contributed by atoms with van der Waals surface area (Å²) in [6.45, 7) is 0.505. The average molecular weight is 499 g/mol. The molecule has 0 bridgehead atoms. The van der Waals surface area contributed by atoms with E-state index in [1.165, 1.54) is 24.3 Å². The van der Waals surface area contributed by atoms with Crippen molar-refractivity contribution in [1.29, 1.82) is 0 Å². The van der Waals surface area contributed by atoms with Crippen LogP contribution in [0.1, 0.15) is 47.7 Å². The first-order valence-corrected chi connectivity index (χ1v) is 11.3. The Morgan fingerprint density at radius 2 is 1.72 bits per heavy atom. The van der Waals surface area contributed by atoms with E-state index in [1.54, 1.807) is 0 Å². The highest BCUT2D eigenvalue weighted by atomic mass is 19.4. The van der Waals surface area contributed by atoms with Crippen molar-refractivity contribution in [2.24, 2.45) is 0 Å². The molecule has 1 aliphatic rings. The molecule has 1 aromatic heterocycles. The van der Waals surface area contributed by atoms with Crippen molar-refractivity contribution in [3.8, 4) is 6.01 Å². The zero-order valence-corrected chi connectivity index (χ0v) is 19.3. The lowest BCUT2D eigenvalue weighted by atomic mass is 10.0. The molecular weight excluding hydrogens is 475 g/mol. The van der Waals surface area contributed by atoms with Crippen LogP contribution in [0.25, 0.3) is 6.08 Å². The third-order valence-electron chi connectivity index (χ3n) is 5.48. The van der Waals surface area contributed by atoms with Crippen LogP contribution in [-0.4, -0.2) is 38.8 Å². The van der Waals surface area contributed by atoms with E-state index in [1.807, 2.05) is 30.3 Å². The Bertz CT molecular complexity index is 1240. The van der Waals surface area contributed by atoms with Gasteiger partial charge in [0.15, 0.2) is 6.61 Å². The summed E-state index contributed by atoms with van der Waals surface area (Å²) in [4.78, 5) is 23.3. The normalized spacial score (nSPS) is 14.4. The third-order valence-corrected chi connectivity index (χ3v) is 5.48. The van der Waals surface area contributed by atoms with E-state index in [2.05, 4.69) is 38.6 Å². The predicted octanol–water partition coefficient (Wildman–Crippen LogP) is 5.78. The van der Waals surface area contributed by atoms with Crippen LogP contribution < -0.4 is 15.4 Å². The fraction of sp³-hybridized carbons (Fsp3) is 0.280. The summed E-state index contributed by atoms with van der Waals surface area (Å²) >= 11 is 0. The van der Waals surface area contributed by atoms with Crippen LogP contribution in [0.2, 0.25) is 0 Å². The molecule has 3 N–H and O–H groups in total. The van der Waals surface area contributed by atoms with Gasteiger partial charge in [0.1, 0.15) is 0 Å². The Balaban J connectivity index is 1.58. The number of halogens is 3. The number of nitrogens with zero attached hydrogens (tertiary/aromatic N) is 3.